The van der Waals surface area contributed by atoms with Gasteiger partial charge in [-0.25, -0.2) is 0 Å². The summed E-state index contributed by atoms with van der Waals surface area (Å²) < 4.78 is 35.3. The van der Waals surface area contributed by atoms with Crippen LogP contribution in [0.25, 0.3) is 0 Å². The van der Waals surface area contributed by atoms with Crippen LogP contribution in [0.1, 0.15) is 22.3 Å². The summed E-state index contributed by atoms with van der Waals surface area (Å²) in [5.74, 6) is -0.207. The van der Waals surface area contributed by atoms with E-state index in [0.29, 0.717) is 12.1 Å². The van der Waals surface area contributed by atoms with E-state index in [1.165, 1.54) is 25.3 Å². The van der Waals surface area contributed by atoms with Crippen molar-refractivity contribution >= 4 is 27.5 Å². The van der Waals surface area contributed by atoms with Gasteiger partial charge in [-0.05, 0) is 54.8 Å². The number of benzene rings is 2. The van der Waals surface area contributed by atoms with Gasteiger partial charge in [0.1, 0.15) is 0 Å². The molecule has 132 valence electrons. The summed E-state index contributed by atoms with van der Waals surface area (Å²) in [6.07, 6.45) is 1.77. The summed E-state index contributed by atoms with van der Waals surface area (Å²) in [5, 5.41) is 0. The molecule has 1 aliphatic heterocycles. The van der Waals surface area contributed by atoms with Crippen molar-refractivity contribution in [2.75, 3.05) is 18.6 Å². The van der Waals surface area contributed by atoms with Crippen LogP contribution in [0.5, 0.6) is 11.5 Å². The maximum absolute atomic E-state index is 12.9. The van der Waals surface area contributed by atoms with Gasteiger partial charge in [0.15, 0.2) is 11.5 Å². The van der Waals surface area contributed by atoms with Gasteiger partial charge < -0.3 is 14.4 Å². The summed E-state index contributed by atoms with van der Waals surface area (Å²) in [4.78, 5) is 14.6. The highest BCUT2D eigenvalue weighted by Crippen LogP contribution is 2.33. The highest BCUT2D eigenvalue weighted by molar-refractivity contribution is 9.10. The fourth-order valence-corrected chi connectivity index (χ4v) is 3.33. The number of amides is 1. The third-order valence-corrected chi connectivity index (χ3v) is 4.53. The molecule has 0 N–H and O–H groups in total. The molecule has 1 aliphatic rings. The predicted molar refractivity (Wildman–Crippen MR) is 93.8 cm³/mol. The lowest BCUT2D eigenvalue weighted by Crippen LogP contribution is -2.35. The van der Waals surface area contributed by atoms with Crippen molar-refractivity contribution < 1.29 is 23.0 Å². The second-order valence-corrected chi connectivity index (χ2v) is 6.49. The van der Waals surface area contributed by atoms with Crippen LogP contribution < -0.4 is 14.4 Å². The number of hydrogen-bond donors (Lipinski definition) is 0. The van der Waals surface area contributed by atoms with E-state index >= 15 is 0 Å². The number of methoxy groups -OCH3 is 1. The molecule has 3 rings (SSSR count). The number of anilines is 1. The van der Waals surface area contributed by atoms with E-state index in [0.717, 1.165) is 28.6 Å². The SMILES string of the molecule is COc1cc(C(=O)N2CCCc3cc(Br)ccc32)ccc1OC(F)F. The molecule has 0 spiro atoms. The Morgan fingerprint density at radius 3 is 2.72 bits per heavy atom. The first kappa shape index (κ1) is 17.7. The number of hydrogen-bond acceptors (Lipinski definition) is 3. The molecule has 0 atom stereocenters. The van der Waals surface area contributed by atoms with Crippen molar-refractivity contribution in [1.29, 1.82) is 0 Å². The molecule has 0 bridgehead atoms. The molecule has 0 radical (unpaired) electrons. The van der Waals surface area contributed by atoms with Gasteiger partial charge in [-0.1, -0.05) is 15.9 Å². The zero-order valence-corrected chi connectivity index (χ0v) is 15.1. The number of fused-ring (bicyclic) bond motifs is 1. The van der Waals surface area contributed by atoms with E-state index in [-0.39, 0.29) is 17.4 Å². The fourth-order valence-electron chi connectivity index (χ4n) is 2.93. The van der Waals surface area contributed by atoms with Crippen LogP contribution >= 0.6 is 15.9 Å². The largest absolute Gasteiger partial charge is 0.493 e. The van der Waals surface area contributed by atoms with Gasteiger partial charge >= 0.3 is 6.61 Å². The molecule has 1 heterocycles. The average Bonchev–Trinajstić information content (AvgIpc) is 2.60. The quantitative estimate of drug-likeness (QED) is 0.734. The van der Waals surface area contributed by atoms with Crippen LogP contribution in [0.3, 0.4) is 0 Å². The van der Waals surface area contributed by atoms with Crippen LogP contribution in [0, 0.1) is 0 Å². The molecule has 1 amide bonds. The van der Waals surface area contributed by atoms with Gasteiger partial charge in [0.2, 0.25) is 0 Å². The highest BCUT2D eigenvalue weighted by Gasteiger charge is 2.25. The number of carbonyl (C=O) groups excluding carboxylic acids is 1. The fraction of sp³-hybridized carbons (Fsp3) is 0.278. The van der Waals surface area contributed by atoms with Gasteiger partial charge in [0, 0.05) is 22.3 Å². The van der Waals surface area contributed by atoms with Crippen molar-refractivity contribution in [3.8, 4) is 11.5 Å². The average molecular weight is 412 g/mol. The van der Waals surface area contributed by atoms with Gasteiger partial charge in [0.25, 0.3) is 5.91 Å². The molecule has 7 heteroatoms. The van der Waals surface area contributed by atoms with Crippen molar-refractivity contribution in [3.63, 3.8) is 0 Å². The lowest BCUT2D eigenvalue weighted by atomic mass is 10.0. The van der Waals surface area contributed by atoms with Gasteiger partial charge in [-0.15, -0.1) is 0 Å². The molecular formula is C18H16BrF2NO3. The smallest absolute Gasteiger partial charge is 0.387 e. The molecule has 0 saturated heterocycles. The molecule has 0 fully saturated rings. The Labute approximate surface area is 152 Å². The molecule has 0 unspecified atom stereocenters. The molecule has 2 aromatic carbocycles. The third-order valence-electron chi connectivity index (χ3n) is 4.03. The van der Waals surface area contributed by atoms with Crippen molar-refractivity contribution in [2.45, 2.75) is 19.5 Å². The Kier molecular flexibility index (Phi) is 5.22. The van der Waals surface area contributed by atoms with E-state index in [1.54, 1.807) is 4.90 Å². The predicted octanol–water partition coefficient (Wildman–Crippen LogP) is 4.65. The summed E-state index contributed by atoms with van der Waals surface area (Å²) >= 11 is 3.44. The molecule has 25 heavy (non-hydrogen) atoms. The lowest BCUT2D eigenvalue weighted by Gasteiger charge is -2.30. The zero-order valence-electron chi connectivity index (χ0n) is 13.5. The summed E-state index contributed by atoms with van der Waals surface area (Å²) in [6, 6.07) is 10.0. The topological polar surface area (TPSA) is 38.8 Å². The molecule has 0 aromatic heterocycles. The molecule has 4 nitrogen and oxygen atoms in total. The first-order valence-corrected chi connectivity index (χ1v) is 8.52. The van der Waals surface area contributed by atoms with Crippen LogP contribution in [0.4, 0.5) is 14.5 Å². The zero-order chi connectivity index (χ0) is 18.0. The Hall–Kier alpha value is -2.15. The minimum absolute atomic E-state index is 0.0965. The van der Waals surface area contributed by atoms with Crippen LogP contribution in [-0.4, -0.2) is 26.2 Å². The monoisotopic (exact) mass is 411 g/mol. The van der Waals surface area contributed by atoms with Crippen LogP contribution in [0.2, 0.25) is 0 Å². The minimum Gasteiger partial charge on any atom is -0.493 e. The standard InChI is InChI=1S/C18H16BrF2NO3/c1-24-16-10-12(4-7-15(16)25-18(20)21)17(23)22-8-2-3-11-9-13(19)5-6-14(11)22/h4-7,9-10,18H,2-3,8H2,1H3. The molecule has 2 aromatic rings. The van der Waals surface area contributed by atoms with Crippen molar-refractivity contribution in [2.24, 2.45) is 0 Å². The number of halogens is 3. The number of ether oxygens (including phenoxy) is 2. The van der Waals surface area contributed by atoms with Crippen LogP contribution in [-0.2, 0) is 6.42 Å². The summed E-state index contributed by atoms with van der Waals surface area (Å²) in [6.45, 7) is -2.35. The van der Waals surface area contributed by atoms with Gasteiger partial charge in [0.05, 0.1) is 7.11 Å². The molecular weight excluding hydrogens is 396 g/mol. The van der Waals surface area contributed by atoms with Crippen LogP contribution in [0.15, 0.2) is 40.9 Å². The molecule has 0 aliphatic carbocycles. The Balaban J connectivity index is 1.92. The maximum atomic E-state index is 12.9. The second kappa shape index (κ2) is 7.39. The Bertz CT molecular complexity index is 798. The number of aryl methyl sites for hydroxylation is 1. The number of alkyl halides is 2. The second-order valence-electron chi connectivity index (χ2n) is 5.58. The van der Waals surface area contributed by atoms with Gasteiger partial charge in [-0.2, -0.15) is 8.78 Å². The highest BCUT2D eigenvalue weighted by atomic mass is 79.9. The van der Waals surface area contributed by atoms with Crippen molar-refractivity contribution in [1.82, 2.24) is 0 Å². The molecule has 0 saturated carbocycles. The van der Waals surface area contributed by atoms with E-state index in [2.05, 4.69) is 20.7 Å². The minimum atomic E-state index is -2.96. The Morgan fingerprint density at radius 2 is 2.00 bits per heavy atom. The first-order chi connectivity index (χ1) is 12.0. The maximum Gasteiger partial charge on any atom is 0.387 e. The Morgan fingerprint density at radius 1 is 1.20 bits per heavy atom. The third kappa shape index (κ3) is 3.76. The normalized spacial score (nSPS) is 13.6. The van der Waals surface area contributed by atoms with Gasteiger partial charge in [-0.3, -0.25) is 4.79 Å². The number of rotatable bonds is 4. The number of nitrogens with zero attached hydrogens (tertiary/aromatic N) is 1. The summed E-state index contributed by atoms with van der Waals surface area (Å²) in [7, 11) is 1.34. The van der Waals surface area contributed by atoms with Crippen molar-refractivity contribution in [3.05, 3.63) is 52.0 Å². The van der Waals surface area contributed by atoms with E-state index in [1.807, 2.05) is 18.2 Å². The van der Waals surface area contributed by atoms with E-state index < -0.39 is 6.61 Å². The first-order valence-electron chi connectivity index (χ1n) is 7.72. The lowest BCUT2D eigenvalue weighted by molar-refractivity contribution is -0.0512. The van der Waals surface area contributed by atoms with E-state index in [4.69, 9.17) is 4.74 Å². The number of carbonyl (C=O) groups is 1. The van der Waals surface area contributed by atoms with E-state index in [9.17, 15) is 13.6 Å². The summed E-state index contributed by atoms with van der Waals surface area (Å²) in [5.41, 5.74) is 2.32.